The highest BCUT2D eigenvalue weighted by Gasteiger charge is 2.38. The number of imidazole rings is 1. The second-order valence-electron chi connectivity index (χ2n) is 5.54. The fraction of sp³-hybridized carbons (Fsp3) is 0.176. The number of halogens is 4. The van der Waals surface area contributed by atoms with E-state index in [2.05, 4.69) is 10.3 Å². The number of anilines is 1. The Kier molecular flexibility index (Phi) is 4.20. The fourth-order valence-electron chi connectivity index (χ4n) is 2.52. The minimum Gasteiger partial charge on any atom is -0.322 e. The minimum absolute atomic E-state index is 0.0806. The zero-order valence-corrected chi connectivity index (χ0v) is 13.1. The molecule has 130 valence electrons. The van der Waals surface area contributed by atoms with Gasteiger partial charge in [-0.2, -0.15) is 13.2 Å². The summed E-state index contributed by atoms with van der Waals surface area (Å²) in [6, 6.07) is 10.1. The quantitative estimate of drug-likeness (QED) is 0.721. The lowest BCUT2D eigenvalue weighted by atomic mass is 10.2. The third-order valence-corrected chi connectivity index (χ3v) is 3.61. The number of carbonyl (C=O) groups is 1. The van der Waals surface area contributed by atoms with Crippen molar-refractivity contribution < 1.29 is 22.4 Å². The van der Waals surface area contributed by atoms with E-state index in [1.165, 1.54) is 30.3 Å². The molecule has 0 saturated heterocycles. The minimum atomic E-state index is -4.71. The summed E-state index contributed by atoms with van der Waals surface area (Å²) in [6.07, 6.45) is -4.71. The zero-order valence-electron chi connectivity index (χ0n) is 13.1. The molecule has 8 heteroatoms. The lowest BCUT2D eigenvalue weighted by Gasteiger charge is -2.12. The third-order valence-electron chi connectivity index (χ3n) is 3.61. The van der Waals surface area contributed by atoms with Gasteiger partial charge in [-0.25, -0.2) is 9.37 Å². The van der Waals surface area contributed by atoms with Crippen LogP contribution in [0.4, 0.5) is 23.2 Å². The van der Waals surface area contributed by atoms with Crippen molar-refractivity contribution in [2.45, 2.75) is 19.6 Å². The largest absolute Gasteiger partial charge is 0.449 e. The Labute approximate surface area is 140 Å². The van der Waals surface area contributed by atoms with Gasteiger partial charge in [0.1, 0.15) is 12.4 Å². The first-order valence-corrected chi connectivity index (χ1v) is 7.34. The van der Waals surface area contributed by atoms with E-state index in [1.807, 2.05) is 0 Å². The molecule has 1 aromatic heterocycles. The third kappa shape index (κ3) is 3.47. The first-order chi connectivity index (χ1) is 11.8. The maximum absolute atomic E-state index is 13.7. The number of nitrogens with one attached hydrogen (secondary N) is 1. The van der Waals surface area contributed by atoms with Crippen LogP contribution in [0.15, 0.2) is 42.5 Å². The van der Waals surface area contributed by atoms with Crippen LogP contribution in [0.2, 0.25) is 0 Å². The van der Waals surface area contributed by atoms with E-state index in [4.69, 9.17) is 0 Å². The van der Waals surface area contributed by atoms with Crippen molar-refractivity contribution in [3.05, 3.63) is 59.7 Å². The number of hydrogen-bond donors (Lipinski definition) is 1. The molecule has 0 bridgehead atoms. The van der Waals surface area contributed by atoms with Crippen LogP contribution < -0.4 is 5.32 Å². The number of alkyl halides is 3. The van der Waals surface area contributed by atoms with E-state index in [0.29, 0.717) is 5.56 Å². The van der Waals surface area contributed by atoms with Crippen molar-refractivity contribution in [2.75, 3.05) is 5.32 Å². The molecule has 0 spiro atoms. The highest BCUT2D eigenvalue weighted by atomic mass is 19.4. The van der Waals surface area contributed by atoms with E-state index in [1.54, 1.807) is 19.1 Å². The molecule has 4 nitrogen and oxygen atoms in total. The van der Waals surface area contributed by atoms with Crippen LogP contribution in [0.1, 0.15) is 11.4 Å². The molecular weight excluding hydrogens is 338 g/mol. The average Bonchev–Trinajstić information content (AvgIpc) is 2.90. The van der Waals surface area contributed by atoms with Crippen LogP contribution in [0.25, 0.3) is 11.0 Å². The summed E-state index contributed by atoms with van der Waals surface area (Å²) in [5.74, 6) is -2.61. The lowest BCUT2D eigenvalue weighted by molar-refractivity contribution is -0.147. The molecule has 3 rings (SSSR count). The summed E-state index contributed by atoms with van der Waals surface area (Å²) in [5.41, 5.74) is 0.933. The summed E-state index contributed by atoms with van der Waals surface area (Å²) >= 11 is 0. The van der Waals surface area contributed by atoms with Crippen molar-refractivity contribution in [1.82, 2.24) is 9.55 Å². The predicted octanol–water partition coefficient (Wildman–Crippen LogP) is 4.14. The topological polar surface area (TPSA) is 46.9 Å². The second-order valence-corrected chi connectivity index (χ2v) is 5.54. The molecule has 0 radical (unpaired) electrons. The molecule has 0 atom stereocenters. The number of amides is 1. The number of fused-ring (bicyclic) bond motifs is 1. The molecule has 0 saturated carbocycles. The van der Waals surface area contributed by atoms with Crippen LogP contribution in [-0.2, 0) is 17.5 Å². The first-order valence-electron chi connectivity index (χ1n) is 7.34. The van der Waals surface area contributed by atoms with Gasteiger partial charge in [-0.3, -0.25) is 4.79 Å². The van der Waals surface area contributed by atoms with Crippen molar-refractivity contribution in [3.63, 3.8) is 0 Å². The van der Waals surface area contributed by atoms with E-state index >= 15 is 0 Å². The number of hydrogen-bond acceptors (Lipinski definition) is 2. The molecule has 1 amide bonds. The van der Waals surface area contributed by atoms with Crippen LogP contribution >= 0.6 is 0 Å². The summed E-state index contributed by atoms with van der Waals surface area (Å²) in [5, 5.41) is 2.30. The summed E-state index contributed by atoms with van der Waals surface area (Å²) < 4.78 is 54.1. The number of para-hydroxylation sites is 2. The molecule has 0 fully saturated rings. The van der Waals surface area contributed by atoms with Gasteiger partial charge in [0, 0.05) is 0 Å². The van der Waals surface area contributed by atoms with Gasteiger partial charge in [0.05, 0.1) is 16.7 Å². The van der Waals surface area contributed by atoms with E-state index in [-0.39, 0.29) is 16.7 Å². The highest BCUT2D eigenvalue weighted by Crippen LogP contribution is 2.31. The van der Waals surface area contributed by atoms with Gasteiger partial charge in [0.25, 0.3) is 0 Å². The van der Waals surface area contributed by atoms with Gasteiger partial charge in [-0.1, -0.05) is 18.2 Å². The number of aromatic nitrogens is 2. The average molecular weight is 351 g/mol. The molecule has 0 aliphatic rings. The van der Waals surface area contributed by atoms with Crippen molar-refractivity contribution >= 4 is 22.6 Å². The summed E-state index contributed by atoms with van der Waals surface area (Å²) in [7, 11) is 0. The number of nitrogens with zero attached hydrogens (tertiary/aromatic N) is 2. The van der Waals surface area contributed by atoms with Gasteiger partial charge in [-0.05, 0) is 36.8 Å². The first kappa shape index (κ1) is 16.9. The molecule has 1 heterocycles. The number of aryl methyl sites for hydroxylation is 1. The number of benzene rings is 2. The molecular formula is C17H13F4N3O. The van der Waals surface area contributed by atoms with Gasteiger partial charge in [0.15, 0.2) is 0 Å². The van der Waals surface area contributed by atoms with Gasteiger partial charge < -0.3 is 9.88 Å². The molecule has 3 aromatic rings. The van der Waals surface area contributed by atoms with Gasteiger partial charge in [0.2, 0.25) is 11.7 Å². The fourth-order valence-corrected chi connectivity index (χ4v) is 2.52. The smallest absolute Gasteiger partial charge is 0.322 e. The Morgan fingerprint density at radius 1 is 1.20 bits per heavy atom. The Morgan fingerprint density at radius 3 is 2.64 bits per heavy atom. The lowest BCUT2D eigenvalue weighted by Crippen LogP contribution is -2.23. The van der Waals surface area contributed by atoms with Crippen LogP contribution in [0.5, 0.6) is 0 Å². The van der Waals surface area contributed by atoms with Crippen LogP contribution in [0.3, 0.4) is 0 Å². The van der Waals surface area contributed by atoms with Gasteiger partial charge in [-0.15, -0.1) is 0 Å². The molecule has 0 unspecified atom stereocenters. The highest BCUT2D eigenvalue weighted by molar-refractivity contribution is 5.92. The van der Waals surface area contributed by atoms with Crippen molar-refractivity contribution in [1.29, 1.82) is 0 Å². The van der Waals surface area contributed by atoms with E-state index < -0.39 is 30.3 Å². The molecule has 25 heavy (non-hydrogen) atoms. The number of carbonyl (C=O) groups excluding carboxylic acids is 1. The monoisotopic (exact) mass is 351 g/mol. The maximum atomic E-state index is 13.7. The van der Waals surface area contributed by atoms with Crippen molar-refractivity contribution in [2.24, 2.45) is 0 Å². The standard InChI is InChI=1S/C17H13F4N3O/c1-10-6-7-11(18)13(8-10)22-15(25)9-24-14-5-3-2-4-12(14)23-16(24)17(19,20)21/h2-8H,9H2,1H3,(H,22,25). The molecule has 0 aliphatic heterocycles. The Balaban J connectivity index is 1.94. The van der Waals surface area contributed by atoms with Crippen LogP contribution in [-0.4, -0.2) is 15.5 Å². The van der Waals surface area contributed by atoms with Gasteiger partial charge >= 0.3 is 6.18 Å². The second kappa shape index (κ2) is 6.19. The van der Waals surface area contributed by atoms with E-state index in [9.17, 15) is 22.4 Å². The Hall–Kier alpha value is -2.90. The van der Waals surface area contributed by atoms with Crippen LogP contribution in [0, 0.1) is 12.7 Å². The summed E-state index contributed by atoms with van der Waals surface area (Å²) in [4.78, 5) is 15.7. The Morgan fingerprint density at radius 2 is 1.92 bits per heavy atom. The molecule has 1 N–H and O–H groups in total. The summed E-state index contributed by atoms with van der Waals surface area (Å²) in [6.45, 7) is 1.07. The SMILES string of the molecule is Cc1ccc(F)c(NC(=O)Cn2c(C(F)(F)F)nc3ccccc32)c1. The Bertz CT molecular complexity index is 947. The maximum Gasteiger partial charge on any atom is 0.449 e. The molecule has 0 aliphatic carbocycles. The predicted molar refractivity (Wildman–Crippen MR) is 84.5 cm³/mol. The normalized spacial score (nSPS) is 11.7. The molecule has 2 aromatic carbocycles. The van der Waals surface area contributed by atoms with E-state index in [0.717, 1.165) is 4.57 Å². The number of rotatable bonds is 3. The van der Waals surface area contributed by atoms with Crippen molar-refractivity contribution in [3.8, 4) is 0 Å². The zero-order chi connectivity index (χ0) is 18.2.